The molecule has 0 radical (unpaired) electrons. The van der Waals surface area contributed by atoms with Gasteiger partial charge in [-0.3, -0.25) is 19.4 Å². The predicted octanol–water partition coefficient (Wildman–Crippen LogP) is 3.47. The van der Waals surface area contributed by atoms with Crippen LogP contribution in [0.25, 0.3) is 10.9 Å². The maximum atomic E-state index is 12.0. The molecule has 9 nitrogen and oxygen atoms in total. The van der Waals surface area contributed by atoms with Gasteiger partial charge in [0.2, 0.25) is 5.91 Å². The van der Waals surface area contributed by atoms with Crippen LogP contribution in [0.4, 0.5) is 17.1 Å². The van der Waals surface area contributed by atoms with E-state index in [9.17, 15) is 19.5 Å². The number of anilines is 3. The standard InChI is InChI=1S/C25H23ClN4O5/c1-3-13-8-19-16(10-15(13)25(27)34)20(6-7-28-19)35-14-4-5-18(17(26)9-14)30-22-21(23(32)24(22)33)29-12(2)11-31/h4-10,12,29-31H,3,11H2,1-2H3,(H2,27,34). The molecule has 0 aliphatic rings. The molecule has 1 amide bonds. The highest BCUT2D eigenvalue weighted by molar-refractivity contribution is 6.33. The smallest absolute Gasteiger partial charge is 0.253 e. The Labute approximate surface area is 205 Å². The second kappa shape index (κ2) is 9.73. The molecule has 0 fully saturated rings. The van der Waals surface area contributed by atoms with Gasteiger partial charge in [0.05, 0.1) is 22.8 Å². The fraction of sp³-hybridized carbons (Fsp3) is 0.200. The number of carbonyl (C=O) groups is 1. The normalized spacial score (nSPS) is 12.0. The molecule has 1 aromatic heterocycles. The van der Waals surface area contributed by atoms with E-state index < -0.39 is 22.8 Å². The molecule has 180 valence electrons. The van der Waals surface area contributed by atoms with Gasteiger partial charge in [0.15, 0.2) is 0 Å². The number of nitrogens with zero attached hydrogens (tertiary/aromatic N) is 1. The van der Waals surface area contributed by atoms with Crippen LogP contribution < -0.4 is 32.0 Å². The van der Waals surface area contributed by atoms with E-state index in [-0.39, 0.29) is 23.0 Å². The van der Waals surface area contributed by atoms with Crippen molar-refractivity contribution in [1.82, 2.24) is 4.98 Å². The molecule has 1 atom stereocenters. The number of aliphatic hydroxyl groups is 1. The van der Waals surface area contributed by atoms with Crippen LogP contribution in [-0.2, 0) is 6.42 Å². The third kappa shape index (κ3) is 4.68. The maximum absolute atomic E-state index is 12.0. The van der Waals surface area contributed by atoms with Crippen LogP contribution >= 0.6 is 11.6 Å². The quantitative estimate of drug-likeness (QED) is 0.259. The number of ether oxygens (including phenoxy) is 1. The van der Waals surface area contributed by atoms with Gasteiger partial charge in [-0.15, -0.1) is 0 Å². The molecule has 0 aliphatic carbocycles. The highest BCUT2D eigenvalue weighted by Gasteiger charge is 2.23. The van der Waals surface area contributed by atoms with Crippen molar-refractivity contribution in [3.8, 4) is 11.5 Å². The minimum Gasteiger partial charge on any atom is -0.457 e. The van der Waals surface area contributed by atoms with Crippen LogP contribution in [-0.4, -0.2) is 28.6 Å². The molecule has 0 aliphatic heterocycles. The zero-order valence-corrected chi connectivity index (χ0v) is 19.8. The van der Waals surface area contributed by atoms with Gasteiger partial charge in [-0.25, -0.2) is 0 Å². The molecule has 1 heterocycles. The zero-order valence-electron chi connectivity index (χ0n) is 19.0. The molecule has 35 heavy (non-hydrogen) atoms. The van der Waals surface area contributed by atoms with E-state index >= 15 is 0 Å². The lowest BCUT2D eigenvalue weighted by atomic mass is 10.0. The van der Waals surface area contributed by atoms with Crippen molar-refractivity contribution in [2.45, 2.75) is 26.3 Å². The van der Waals surface area contributed by atoms with Crippen LogP contribution in [0.3, 0.4) is 0 Å². The van der Waals surface area contributed by atoms with E-state index in [0.717, 1.165) is 5.56 Å². The van der Waals surface area contributed by atoms with Crippen LogP contribution in [0, 0.1) is 0 Å². The predicted molar refractivity (Wildman–Crippen MR) is 136 cm³/mol. The number of nitrogens with one attached hydrogen (secondary N) is 2. The van der Waals surface area contributed by atoms with Gasteiger partial charge in [0.1, 0.15) is 22.9 Å². The summed E-state index contributed by atoms with van der Waals surface area (Å²) in [4.78, 5) is 40.2. The molecular formula is C25H23ClN4O5. The monoisotopic (exact) mass is 494 g/mol. The van der Waals surface area contributed by atoms with Crippen molar-refractivity contribution in [2.75, 3.05) is 17.2 Å². The molecular weight excluding hydrogens is 472 g/mol. The zero-order chi connectivity index (χ0) is 25.3. The minimum atomic E-state index is -0.672. The summed E-state index contributed by atoms with van der Waals surface area (Å²) in [5.41, 5.74) is 6.66. The van der Waals surface area contributed by atoms with E-state index in [2.05, 4.69) is 15.6 Å². The summed E-state index contributed by atoms with van der Waals surface area (Å²) in [5.74, 6) is 0.340. The molecule has 4 aromatic rings. The van der Waals surface area contributed by atoms with Gasteiger partial charge in [0.25, 0.3) is 10.9 Å². The number of hydrogen-bond acceptors (Lipinski definition) is 8. The number of carbonyl (C=O) groups excluding carboxylic acids is 1. The number of nitrogens with two attached hydrogens (primary N) is 1. The second-order valence-corrected chi connectivity index (χ2v) is 8.47. The second-order valence-electron chi connectivity index (χ2n) is 8.06. The van der Waals surface area contributed by atoms with Gasteiger partial charge in [-0.1, -0.05) is 18.5 Å². The average Bonchev–Trinajstić information content (AvgIpc) is 2.85. The van der Waals surface area contributed by atoms with Gasteiger partial charge < -0.3 is 26.2 Å². The fourth-order valence-corrected chi connectivity index (χ4v) is 3.90. The number of aromatic nitrogens is 1. The summed E-state index contributed by atoms with van der Waals surface area (Å²) in [6.45, 7) is 3.41. The Kier molecular flexibility index (Phi) is 6.72. The van der Waals surface area contributed by atoms with E-state index in [1.807, 2.05) is 13.0 Å². The number of halogens is 1. The average molecular weight is 495 g/mol. The molecule has 0 saturated heterocycles. The molecule has 0 spiro atoms. The topological polar surface area (TPSA) is 144 Å². The lowest BCUT2D eigenvalue weighted by molar-refractivity contribution is 0.0999. The highest BCUT2D eigenvalue weighted by atomic mass is 35.5. The van der Waals surface area contributed by atoms with Crippen LogP contribution in [0.5, 0.6) is 11.5 Å². The Morgan fingerprint density at radius 2 is 1.91 bits per heavy atom. The number of aryl methyl sites for hydroxylation is 1. The summed E-state index contributed by atoms with van der Waals surface area (Å²) in [6.07, 6.45) is 2.23. The van der Waals surface area contributed by atoms with E-state index in [1.165, 1.54) is 0 Å². The Morgan fingerprint density at radius 3 is 2.57 bits per heavy atom. The molecule has 4 rings (SSSR count). The highest BCUT2D eigenvalue weighted by Crippen LogP contribution is 2.35. The number of hydrogen-bond donors (Lipinski definition) is 4. The Bertz CT molecular complexity index is 1510. The lowest BCUT2D eigenvalue weighted by Crippen LogP contribution is -2.39. The first kappa shape index (κ1) is 24.2. The van der Waals surface area contributed by atoms with Gasteiger partial charge in [0, 0.05) is 29.3 Å². The largest absolute Gasteiger partial charge is 0.457 e. The van der Waals surface area contributed by atoms with Crippen LogP contribution in [0.1, 0.15) is 29.8 Å². The third-order valence-electron chi connectivity index (χ3n) is 5.58. The van der Waals surface area contributed by atoms with Crippen molar-refractivity contribution < 1.29 is 14.6 Å². The number of pyridine rings is 1. The molecule has 3 aromatic carbocycles. The molecule has 0 bridgehead atoms. The van der Waals surface area contributed by atoms with Crippen molar-refractivity contribution in [2.24, 2.45) is 5.73 Å². The number of aliphatic hydroxyl groups excluding tert-OH is 1. The fourth-order valence-electron chi connectivity index (χ4n) is 3.68. The van der Waals surface area contributed by atoms with E-state index in [4.69, 9.17) is 22.1 Å². The Hall–Kier alpha value is -3.95. The van der Waals surface area contributed by atoms with Crippen LogP contribution in [0.2, 0.25) is 5.02 Å². The third-order valence-corrected chi connectivity index (χ3v) is 5.89. The Morgan fingerprint density at radius 1 is 1.17 bits per heavy atom. The maximum Gasteiger partial charge on any atom is 0.253 e. The molecule has 0 saturated carbocycles. The van der Waals surface area contributed by atoms with Gasteiger partial charge >= 0.3 is 0 Å². The van der Waals surface area contributed by atoms with Crippen molar-refractivity contribution in [3.63, 3.8) is 0 Å². The summed E-state index contributed by atoms with van der Waals surface area (Å²) < 4.78 is 6.03. The number of primary amides is 1. The molecule has 10 heteroatoms. The van der Waals surface area contributed by atoms with E-state index in [1.54, 1.807) is 43.5 Å². The summed E-state index contributed by atoms with van der Waals surface area (Å²) in [6, 6.07) is 9.57. The molecule has 5 N–H and O–H groups in total. The summed E-state index contributed by atoms with van der Waals surface area (Å²) in [7, 11) is 0. The van der Waals surface area contributed by atoms with Gasteiger partial charge in [-0.2, -0.15) is 0 Å². The SMILES string of the molecule is CCc1cc2nccc(Oc3ccc(Nc4c(NC(C)CO)c(=O)c4=O)c(Cl)c3)c2cc1C(N)=O. The Balaban J connectivity index is 1.62. The van der Waals surface area contributed by atoms with Gasteiger partial charge in [-0.05, 0) is 49.2 Å². The summed E-state index contributed by atoms with van der Waals surface area (Å²) in [5, 5.41) is 15.8. The van der Waals surface area contributed by atoms with Crippen molar-refractivity contribution >= 4 is 45.5 Å². The first-order valence-corrected chi connectivity index (χ1v) is 11.3. The van der Waals surface area contributed by atoms with Crippen molar-refractivity contribution in [1.29, 1.82) is 0 Å². The van der Waals surface area contributed by atoms with E-state index in [0.29, 0.717) is 40.1 Å². The number of fused-ring (bicyclic) bond motifs is 1. The lowest BCUT2D eigenvalue weighted by Gasteiger charge is -2.19. The first-order chi connectivity index (χ1) is 16.7. The summed E-state index contributed by atoms with van der Waals surface area (Å²) >= 11 is 6.41. The van der Waals surface area contributed by atoms with Crippen molar-refractivity contribution in [3.05, 3.63) is 79.2 Å². The number of amides is 1. The molecule has 1 unspecified atom stereocenters. The number of benzene rings is 2. The van der Waals surface area contributed by atoms with Crippen LogP contribution in [0.15, 0.2) is 52.2 Å². The minimum absolute atomic E-state index is 0.0803. The first-order valence-electron chi connectivity index (χ1n) is 10.9. The number of rotatable bonds is 9.